The Hall–Kier alpha value is -2.95. The van der Waals surface area contributed by atoms with Crippen molar-refractivity contribution in [2.75, 3.05) is 16.5 Å². The van der Waals surface area contributed by atoms with Gasteiger partial charge >= 0.3 is 6.18 Å². The largest absolute Gasteiger partial charge is 0.417 e. The Balaban J connectivity index is 2.92. The molecule has 5 N–H and O–H groups in total. The van der Waals surface area contributed by atoms with Gasteiger partial charge in [-0.15, -0.1) is 0 Å². The second kappa shape index (κ2) is 7.58. The summed E-state index contributed by atoms with van der Waals surface area (Å²) < 4.78 is 69.8. The lowest BCUT2D eigenvalue weighted by Gasteiger charge is -2.20. The van der Waals surface area contributed by atoms with E-state index in [0.717, 1.165) is 6.92 Å². The third-order valence-corrected chi connectivity index (χ3v) is 4.08. The lowest BCUT2D eigenvalue weighted by atomic mass is 9.96. The highest BCUT2D eigenvalue weighted by Gasteiger charge is 2.39. The molecule has 28 heavy (non-hydrogen) atoms. The molecule has 2 aromatic rings. The number of amides is 1. The van der Waals surface area contributed by atoms with Gasteiger partial charge in [-0.3, -0.25) is 15.5 Å². The van der Waals surface area contributed by atoms with Crippen LogP contribution in [0.4, 0.5) is 39.0 Å². The zero-order chi connectivity index (χ0) is 21.4. The number of nitrogens with zero attached hydrogens (tertiary/aromatic N) is 1. The maximum atomic E-state index is 15.1. The van der Waals surface area contributed by atoms with Crippen LogP contribution in [0.15, 0.2) is 6.07 Å². The molecule has 2 rings (SSSR count). The number of nitrogen functional groups attached to an aromatic ring is 1. The van der Waals surface area contributed by atoms with Crippen LogP contribution in [0.25, 0.3) is 11.3 Å². The van der Waals surface area contributed by atoms with Crippen LogP contribution in [0.5, 0.6) is 0 Å². The van der Waals surface area contributed by atoms with E-state index in [1.54, 1.807) is 5.48 Å². The van der Waals surface area contributed by atoms with Crippen molar-refractivity contribution in [2.45, 2.75) is 33.4 Å². The number of benzene rings is 1. The summed E-state index contributed by atoms with van der Waals surface area (Å²) >= 11 is 0. The molecule has 152 valence electrons. The Kier molecular flexibility index (Phi) is 5.78. The molecule has 0 unspecified atom stereocenters. The molecule has 11 heteroatoms. The minimum Gasteiger partial charge on any atom is -0.396 e. The monoisotopic (exact) mass is 404 g/mol. The van der Waals surface area contributed by atoms with E-state index < -0.39 is 57.5 Å². The molecule has 1 amide bonds. The summed E-state index contributed by atoms with van der Waals surface area (Å²) in [7, 11) is 0. The molecule has 0 radical (unpaired) electrons. The number of alkyl halides is 3. The quantitative estimate of drug-likeness (QED) is 0.344. The van der Waals surface area contributed by atoms with E-state index in [9.17, 15) is 27.6 Å². The highest BCUT2D eigenvalue weighted by Crippen LogP contribution is 2.44. The van der Waals surface area contributed by atoms with Crippen LogP contribution in [0.3, 0.4) is 0 Å². The standard InChI is InChI=1S/C17H17F5N4O2/c1-4-10(27)25-16-13(19)15(24-7(3)14(16)26-28)8-5-9(23)12(18)6(2)11(8)17(20,21)22/h5,26,28H,4,23H2,1-3H3,(H,24,25,27). The molecule has 6 nitrogen and oxygen atoms in total. The average Bonchev–Trinajstić information content (AvgIpc) is 2.60. The minimum absolute atomic E-state index is 0.0581. The Morgan fingerprint density at radius 2 is 1.82 bits per heavy atom. The molecule has 1 heterocycles. The van der Waals surface area contributed by atoms with Crippen LogP contribution < -0.4 is 16.5 Å². The van der Waals surface area contributed by atoms with Crippen molar-refractivity contribution >= 4 is 23.0 Å². The molecule has 0 atom stereocenters. The zero-order valence-electron chi connectivity index (χ0n) is 15.1. The van der Waals surface area contributed by atoms with Crippen LogP contribution in [0.1, 0.15) is 30.2 Å². The van der Waals surface area contributed by atoms with Crippen molar-refractivity contribution < 1.29 is 32.0 Å². The fourth-order valence-corrected chi connectivity index (χ4v) is 2.71. The van der Waals surface area contributed by atoms with Gasteiger partial charge in [0, 0.05) is 12.0 Å². The minimum atomic E-state index is -5.03. The van der Waals surface area contributed by atoms with Gasteiger partial charge in [-0.2, -0.15) is 13.2 Å². The molecule has 0 saturated carbocycles. The van der Waals surface area contributed by atoms with Gasteiger partial charge < -0.3 is 11.1 Å². The van der Waals surface area contributed by atoms with E-state index in [2.05, 4.69) is 10.3 Å². The third-order valence-electron chi connectivity index (χ3n) is 4.08. The van der Waals surface area contributed by atoms with Gasteiger partial charge in [0.15, 0.2) is 5.82 Å². The summed E-state index contributed by atoms with van der Waals surface area (Å²) in [5.41, 5.74) is 1.60. The molecule has 0 aliphatic heterocycles. The number of aryl methyl sites for hydroxylation is 1. The third kappa shape index (κ3) is 3.70. The van der Waals surface area contributed by atoms with Crippen LogP contribution in [0, 0.1) is 25.5 Å². The first-order valence-corrected chi connectivity index (χ1v) is 8.00. The lowest BCUT2D eigenvalue weighted by Crippen LogP contribution is -2.17. The predicted octanol–water partition coefficient (Wildman–Crippen LogP) is 4.39. The van der Waals surface area contributed by atoms with Crippen LogP contribution in [0.2, 0.25) is 0 Å². The van der Waals surface area contributed by atoms with E-state index >= 15 is 4.39 Å². The van der Waals surface area contributed by atoms with E-state index in [1.165, 1.54) is 13.8 Å². The van der Waals surface area contributed by atoms with Crippen molar-refractivity contribution in [3.8, 4) is 11.3 Å². The van der Waals surface area contributed by atoms with Gasteiger partial charge in [0.25, 0.3) is 0 Å². The van der Waals surface area contributed by atoms with E-state index in [-0.39, 0.29) is 17.8 Å². The molecule has 0 bridgehead atoms. The molecular formula is C17H17F5N4O2. The highest BCUT2D eigenvalue weighted by molar-refractivity contribution is 5.95. The number of carbonyl (C=O) groups is 1. The smallest absolute Gasteiger partial charge is 0.396 e. The molecule has 0 aliphatic carbocycles. The maximum Gasteiger partial charge on any atom is 0.417 e. The number of nitrogens with one attached hydrogen (secondary N) is 2. The molecular weight excluding hydrogens is 387 g/mol. The molecule has 1 aromatic carbocycles. The van der Waals surface area contributed by atoms with E-state index in [0.29, 0.717) is 6.07 Å². The lowest BCUT2D eigenvalue weighted by molar-refractivity contribution is -0.137. The van der Waals surface area contributed by atoms with Crippen LogP contribution in [-0.4, -0.2) is 16.1 Å². The molecule has 0 fully saturated rings. The normalized spacial score (nSPS) is 11.5. The van der Waals surface area contributed by atoms with Gasteiger partial charge in [-0.05, 0) is 25.5 Å². The Bertz CT molecular complexity index is 945. The number of pyridine rings is 1. The number of halogens is 5. The Morgan fingerprint density at radius 1 is 1.21 bits per heavy atom. The summed E-state index contributed by atoms with van der Waals surface area (Å²) in [6.07, 6.45) is -5.09. The average molecular weight is 404 g/mol. The fourth-order valence-electron chi connectivity index (χ4n) is 2.71. The number of anilines is 3. The van der Waals surface area contributed by atoms with Crippen molar-refractivity contribution in [2.24, 2.45) is 0 Å². The fraction of sp³-hybridized carbons (Fsp3) is 0.294. The number of hydrogen-bond acceptors (Lipinski definition) is 5. The summed E-state index contributed by atoms with van der Waals surface area (Å²) in [5, 5.41) is 11.4. The molecule has 0 aliphatic rings. The van der Waals surface area contributed by atoms with Crippen molar-refractivity contribution in [3.63, 3.8) is 0 Å². The number of rotatable bonds is 4. The van der Waals surface area contributed by atoms with Gasteiger partial charge in [-0.25, -0.2) is 13.8 Å². The van der Waals surface area contributed by atoms with Crippen LogP contribution in [-0.2, 0) is 11.0 Å². The number of hydrogen-bond donors (Lipinski definition) is 4. The van der Waals surface area contributed by atoms with Gasteiger partial charge in [-0.1, -0.05) is 6.92 Å². The maximum absolute atomic E-state index is 15.1. The summed E-state index contributed by atoms with van der Waals surface area (Å²) in [5.74, 6) is -3.28. The molecule has 0 spiro atoms. The first-order chi connectivity index (χ1) is 12.9. The topological polar surface area (TPSA) is 100 Å². The molecule has 1 aromatic heterocycles. The second-order valence-corrected chi connectivity index (χ2v) is 5.95. The first kappa shape index (κ1) is 21.4. The van der Waals surface area contributed by atoms with Gasteiger partial charge in [0.1, 0.15) is 22.9 Å². The van der Waals surface area contributed by atoms with Gasteiger partial charge in [0.2, 0.25) is 5.91 Å². The summed E-state index contributed by atoms with van der Waals surface area (Å²) in [4.78, 5) is 15.4. The summed E-state index contributed by atoms with van der Waals surface area (Å²) in [6, 6.07) is 0.632. The number of aromatic nitrogens is 1. The number of nitrogens with two attached hydrogens (primary N) is 1. The highest BCUT2D eigenvalue weighted by atomic mass is 19.4. The van der Waals surface area contributed by atoms with Crippen LogP contribution >= 0.6 is 0 Å². The Morgan fingerprint density at radius 3 is 2.32 bits per heavy atom. The SMILES string of the molecule is CCC(=O)Nc1c(F)c(-c2cc(N)c(F)c(C)c2C(F)(F)F)nc(C)c1NO. The second-order valence-electron chi connectivity index (χ2n) is 5.95. The Labute approximate surface area is 156 Å². The van der Waals surface area contributed by atoms with Gasteiger partial charge in [0.05, 0.1) is 16.9 Å². The van der Waals surface area contributed by atoms with E-state index in [4.69, 9.17) is 5.73 Å². The van der Waals surface area contributed by atoms with Crippen molar-refractivity contribution in [3.05, 3.63) is 34.5 Å². The summed E-state index contributed by atoms with van der Waals surface area (Å²) in [6.45, 7) is 3.61. The van der Waals surface area contributed by atoms with Crippen molar-refractivity contribution in [1.82, 2.24) is 4.98 Å². The van der Waals surface area contributed by atoms with E-state index in [1.807, 2.05) is 0 Å². The number of carbonyl (C=O) groups excluding carboxylic acids is 1. The zero-order valence-corrected chi connectivity index (χ0v) is 15.1. The first-order valence-electron chi connectivity index (χ1n) is 8.00. The van der Waals surface area contributed by atoms with Crippen molar-refractivity contribution in [1.29, 1.82) is 0 Å². The predicted molar refractivity (Wildman–Crippen MR) is 92.8 cm³/mol. The molecule has 0 saturated heterocycles.